The quantitative estimate of drug-likeness (QED) is 0.469. The molecule has 1 aromatic carbocycles. The van der Waals surface area contributed by atoms with E-state index in [1.54, 1.807) is 25.3 Å². The Morgan fingerprint density at radius 1 is 1.12 bits per heavy atom. The highest BCUT2D eigenvalue weighted by Gasteiger charge is 2.31. The molecule has 34 heavy (non-hydrogen) atoms. The van der Waals surface area contributed by atoms with E-state index in [0.29, 0.717) is 28.5 Å². The van der Waals surface area contributed by atoms with Crippen LogP contribution in [0.1, 0.15) is 44.7 Å². The van der Waals surface area contributed by atoms with Crippen molar-refractivity contribution in [1.29, 1.82) is 0 Å². The number of pyridine rings is 1. The highest BCUT2D eigenvalue weighted by molar-refractivity contribution is 5.89. The standard InChI is InChI=1S/C24H29F3N4O3/c1-13-6-19(21-30-31-22(34-21)28-15-7-14(8-15)11-32-5)29-20-17(13)9-16(33-12-24(25,26)27)10-18(20)23(2,3)4/h6,9-10,14-15H,7-8,11-12H2,1-5H3,(H,28,31). The Morgan fingerprint density at radius 3 is 2.50 bits per heavy atom. The number of aryl methyl sites for hydroxylation is 1. The number of nitrogens with one attached hydrogen (secondary N) is 1. The predicted molar refractivity (Wildman–Crippen MR) is 122 cm³/mol. The third kappa shape index (κ3) is 5.43. The van der Waals surface area contributed by atoms with Crippen LogP contribution in [-0.4, -0.2) is 47.7 Å². The normalized spacial score (nSPS) is 18.7. The molecule has 10 heteroatoms. The molecule has 1 N–H and O–H groups in total. The fourth-order valence-electron chi connectivity index (χ4n) is 4.18. The number of halogens is 3. The molecular weight excluding hydrogens is 449 g/mol. The number of methoxy groups -OCH3 is 1. The maximum atomic E-state index is 12.7. The molecule has 184 valence electrons. The van der Waals surface area contributed by atoms with Gasteiger partial charge in [0.2, 0.25) is 0 Å². The van der Waals surface area contributed by atoms with Crippen LogP contribution in [0, 0.1) is 12.8 Å². The minimum Gasteiger partial charge on any atom is -0.484 e. The van der Waals surface area contributed by atoms with E-state index in [2.05, 4.69) is 15.5 Å². The molecule has 0 bridgehead atoms. The average Bonchev–Trinajstić information content (AvgIpc) is 3.18. The van der Waals surface area contributed by atoms with Crippen LogP contribution in [0.15, 0.2) is 22.6 Å². The van der Waals surface area contributed by atoms with Gasteiger partial charge in [-0.25, -0.2) is 4.98 Å². The lowest BCUT2D eigenvalue weighted by Gasteiger charge is -2.34. The summed E-state index contributed by atoms with van der Waals surface area (Å²) in [7, 11) is 1.70. The van der Waals surface area contributed by atoms with Gasteiger partial charge in [-0.1, -0.05) is 25.9 Å². The number of hydrogen-bond acceptors (Lipinski definition) is 7. The number of nitrogens with zero attached hydrogens (tertiary/aromatic N) is 3. The number of ether oxygens (including phenoxy) is 2. The second-order valence-electron chi connectivity index (χ2n) is 9.89. The zero-order chi connectivity index (χ0) is 24.7. The number of fused-ring (bicyclic) bond motifs is 1. The Kier molecular flexibility index (Phi) is 6.46. The van der Waals surface area contributed by atoms with Gasteiger partial charge >= 0.3 is 12.2 Å². The Morgan fingerprint density at radius 2 is 1.85 bits per heavy atom. The maximum absolute atomic E-state index is 12.7. The fraction of sp³-hybridized carbons (Fsp3) is 0.542. The van der Waals surface area contributed by atoms with E-state index >= 15 is 0 Å². The Hall–Kier alpha value is -2.88. The molecule has 0 saturated heterocycles. The summed E-state index contributed by atoms with van der Waals surface area (Å²) in [6.07, 6.45) is -2.46. The second-order valence-corrected chi connectivity index (χ2v) is 9.89. The first-order valence-corrected chi connectivity index (χ1v) is 11.2. The summed E-state index contributed by atoms with van der Waals surface area (Å²) in [5.74, 6) is 0.969. The molecule has 1 saturated carbocycles. The third-order valence-corrected chi connectivity index (χ3v) is 5.91. The summed E-state index contributed by atoms with van der Waals surface area (Å²) in [6, 6.07) is 5.61. The average molecular weight is 479 g/mol. The van der Waals surface area contributed by atoms with Gasteiger partial charge in [-0.05, 0) is 60.4 Å². The lowest BCUT2D eigenvalue weighted by Crippen LogP contribution is -2.37. The molecule has 0 radical (unpaired) electrons. The van der Waals surface area contributed by atoms with Crippen LogP contribution in [0.5, 0.6) is 5.75 Å². The van der Waals surface area contributed by atoms with Crippen LogP contribution in [0.2, 0.25) is 0 Å². The zero-order valence-electron chi connectivity index (χ0n) is 19.9. The summed E-state index contributed by atoms with van der Waals surface area (Å²) >= 11 is 0. The predicted octanol–water partition coefficient (Wildman–Crippen LogP) is 5.67. The Labute approximate surface area is 196 Å². The molecule has 1 fully saturated rings. The molecule has 0 amide bonds. The number of benzene rings is 1. The van der Waals surface area contributed by atoms with E-state index in [9.17, 15) is 13.2 Å². The van der Waals surface area contributed by atoms with Crippen molar-refractivity contribution in [3.8, 4) is 17.3 Å². The van der Waals surface area contributed by atoms with E-state index in [1.165, 1.54) is 0 Å². The van der Waals surface area contributed by atoms with E-state index in [4.69, 9.17) is 18.9 Å². The topological polar surface area (TPSA) is 82.3 Å². The van der Waals surface area contributed by atoms with Gasteiger partial charge in [0.1, 0.15) is 11.4 Å². The van der Waals surface area contributed by atoms with Crippen LogP contribution in [0.3, 0.4) is 0 Å². The number of rotatable bonds is 7. The minimum absolute atomic E-state index is 0.156. The lowest BCUT2D eigenvalue weighted by molar-refractivity contribution is -0.153. The van der Waals surface area contributed by atoms with Crippen molar-refractivity contribution in [2.45, 2.75) is 58.2 Å². The highest BCUT2D eigenvalue weighted by atomic mass is 19.4. The van der Waals surface area contributed by atoms with Crippen molar-refractivity contribution in [3.05, 3.63) is 29.3 Å². The molecular formula is C24H29F3N4O3. The number of aromatic nitrogens is 3. The van der Waals surface area contributed by atoms with Crippen molar-refractivity contribution in [2.24, 2.45) is 5.92 Å². The minimum atomic E-state index is -4.41. The molecule has 4 rings (SSSR count). The monoisotopic (exact) mass is 478 g/mol. The van der Waals surface area contributed by atoms with Crippen molar-refractivity contribution in [1.82, 2.24) is 15.2 Å². The first-order valence-electron chi connectivity index (χ1n) is 11.2. The SMILES string of the molecule is COCC1CC(Nc2nnc(-c3cc(C)c4cc(OCC(F)(F)F)cc(C(C)(C)C)c4n3)o2)C1. The molecule has 3 aromatic rings. The molecule has 1 aliphatic carbocycles. The van der Waals surface area contributed by atoms with Crippen molar-refractivity contribution >= 4 is 16.9 Å². The largest absolute Gasteiger partial charge is 0.484 e. The van der Waals surface area contributed by atoms with Gasteiger partial charge in [-0.2, -0.15) is 13.2 Å². The van der Waals surface area contributed by atoms with Crippen LogP contribution in [0.4, 0.5) is 19.2 Å². The smallest absolute Gasteiger partial charge is 0.422 e. The second kappa shape index (κ2) is 9.05. The third-order valence-electron chi connectivity index (χ3n) is 5.91. The Bertz CT molecular complexity index is 1160. The van der Waals surface area contributed by atoms with Gasteiger partial charge in [0.05, 0.1) is 5.52 Å². The summed E-state index contributed by atoms with van der Waals surface area (Å²) < 4.78 is 54.2. The summed E-state index contributed by atoms with van der Waals surface area (Å²) in [5.41, 5.74) is 2.36. The molecule has 0 unspecified atom stereocenters. The van der Waals surface area contributed by atoms with Gasteiger partial charge < -0.3 is 19.2 Å². The molecule has 0 spiro atoms. The van der Waals surface area contributed by atoms with Crippen LogP contribution in [0.25, 0.3) is 22.5 Å². The fourth-order valence-corrected chi connectivity index (χ4v) is 4.18. The van der Waals surface area contributed by atoms with Crippen LogP contribution < -0.4 is 10.1 Å². The first kappa shape index (κ1) is 24.3. The molecule has 7 nitrogen and oxygen atoms in total. The number of hydrogen-bond donors (Lipinski definition) is 1. The Balaban J connectivity index is 1.63. The molecule has 0 atom stereocenters. The van der Waals surface area contributed by atoms with E-state index in [1.807, 2.05) is 27.7 Å². The van der Waals surface area contributed by atoms with Gasteiger partial charge in [-0.3, -0.25) is 0 Å². The molecule has 2 aromatic heterocycles. The maximum Gasteiger partial charge on any atom is 0.422 e. The number of alkyl halides is 3. The summed E-state index contributed by atoms with van der Waals surface area (Å²) in [5, 5.41) is 12.2. The van der Waals surface area contributed by atoms with E-state index in [0.717, 1.165) is 30.6 Å². The van der Waals surface area contributed by atoms with E-state index in [-0.39, 0.29) is 17.7 Å². The first-order chi connectivity index (χ1) is 15.9. The van der Waals surface area contributed by atoms with Gasteiger partial charge in [0.25, 0.3) is 5.89 Å². The van der Waals surface area contributed by atoms with Gasteiger partial charge in [0.15, 0.2) is 6.61 Å². The van der Waals surface area contributed by atoms with Crippen LogP contribution in [-0.2, 0) is 10.2 Å². The lowest BCUT2D eigenvalue weighted by atomic mass is 9.81. The molecule has 0 aliphatic heterocycles. The summed E-state index contributed by atoms with van der Waals surface area (Å²) in [6.45, 7) is 7.19. The van der Waals surface area contributed by atoms with Crippen LogP contribution >= 0.6 is 0 Å². The van der Waals surface area contributed by atoms with Crippen molar-refractivity contribution in [3.63, 3.8) is 0 Å². The van der Waals surface area contributed by atoms with Crippen molar-refractivity contribution < 1.29 is 27.1 Å². The molecule has 2 heterocycles. The summed E-state index contributed by atoms with van der Waals surface area (Å²) in [4.78, 5) is 4.77. The molecule has 1 aliphatic rings. The van der Waals surface area contributed by atoms with Gasteiger partial charge in [-0.15, -0.1) is 5.10 Å². The zero-order valence-corrected chi connectivity index (χ0v) is 19.9. The number of anilines is 1. The van der Waals surface area contributed by atoms with E-state index < -0.39 is 18.2 Å². The highest BCUT2D eigenvalue weighted by Crippen LogP contribution is 2.37. The van der Waals surface area contributed by atoms with Gasteiger partial charge in [0, 0.05) is 25.1 Å². The van der Waals surface area contributed by atoms with Crippen molar-refractivity contribution in [2.75, 3.05) is 25.6 Å².